The molecule has 1 atom stereocenters. The highest BCUT2D eigenvalue weighted by molar-refractivity contribution is 5.69. The van der Waals surface area contributed by atoms with E-state index in [-0.39, 0.29) is 18.2 Å². The zero-order valence-corrected chi connectivity index (χ0v) is 12.1. The molecule has 1 aliphatic rings. The predicted molar refractivity (Wildman–Crippen MR) is 80.2 cm³/mol. The van der Waals surface area contributed by atoms with Crippen LogP contribution in [0.4, 0.5) is 0 Å². The maximum absolute atomic E-state index is 12.1. The molecular formula is C15H18N4O3. The van der Waals surface area contributed by atoms with Gasteiger partial charge in [0.25, 0.3) is 0 Å². The number of benzene rings is 1. The number of aromatic amines is 1. The summed E-state index contributed by atoms with van der Waals surface area (Å²) >= 11 is 0. The summed E-state index contributed by atoms with van der Waals surface area (Å²) < 4.78 is 1.58. The Bertz CT molecular complexity index is 707. The number of nitrogens with zero attached hydrogens (tertiary/aromatic N) is 3. The maximum atomic E-state index is 12.1. The normalized spacial score (nSPS) is 19.2. The minimum absolute atomic E-state index is 0.0243. The second-order valence-corrected chi connectivity index (χ2v) is 5.53. The maximum Gasteiger partial charge on any atom is 0.347 e. The van der Waals surface area contributed by atoms with E-state index in [2.05, 4.69) is 10.2 Å². The summed E-state index contributed by atoms with van der Waals surface area (Å²) in [4.78, 5) is 24.9. The van der Waals surface area contributed by atoms with Crippen molar-refractivity contribution in [1.82, 2.24) is 19.7 Å². The lowest BCUT2D eigenvalue weighted by molar-refractivity contribution is -0.138. The molecule has 116 valence electrons. The molecule has 1 aromatic carbocycles. The molecule has 1 saturated heterocycles. The lowest BCUT2D eigenvalue weighted by atomic mass is 9.97. The van der Waals surface area contributed by atoms with Crippen molar-refractivity contribution in [2.75, 3.05) is 19.6 Å². The molecule has 3 rings (SSSR count). The first kappa shape index (κ1) is 14.5. The van der Waals surface area contributed by atoms with E-state index in [1.165, 1.54) is 0 Å². The number of para-hydroxylation sites is 1. The second-order valence-electron chi connectivity index (χ2n) is 5.53. The van der Waals surface area contributed by atoms with Gasteiger partial charge in [0.15, 0.2) is 0 Å². The smallest absolute Gasteiger partial charge is 0.347 e. The van der Waals surface area contributed by atoms with E-state index in [1.54, 1.807) is 4.57 Å². The van der Waals surface area contributed by atoms with Crippen molar-refractivity contribution in [3.8, 4) is 5.69 Å². The number of hydrogen-bond donors (Lipinski definition) is 2. The molecule has 7 heteroatoms. The second kappa shape index (κ2) is 6.15. The monoisotopic (exact) mass is 302 g/mol. The van der Waals surface area contributed by atoms with E-state index in [0.717, 1.165) is 25.1 Å². The van der Waals surface area contributed by atoms with E-state index < -0.39 is 5.97 Å². The number of carboxylic acid groups (broad SMARTS) is 1. The molecule has 2 heterocycles. The molecule has 1 unspecified atom stereocenters. The summed E-state index contributed by atoms with van der Waals surface area (Å²) in [6.45, 7) is 1.39. The van der Waals surface area contributed by atoms with Gasteiger partial charge in [0, 0.05) is 12.5 Å². The third-order valence-electron chi connectivity index (χ3n) is 3.94. The van der Waals surface area contributed by atoms with Crippen LogP contribution in [0.2, 0.25) is 0 Å². The summed E-state index contributed by atoms with van der Waals surface area (Å²) in [6.07, 6.45) is 1.79. The van der Waals surface area contributed by atoms with Crippen LogP contribution in [-0.2, 0) is 4.79 Å². The largest absolute Gasteiger partial charge is 0.480 e. The number of carboxylic acids is 1. The Labute approximate surface area is 127 Å². The van der Waals surface area contributed by atoms with Crippen LogP contribution in [0.25, 0.3) is 5.69 Å². The lowest BCUT2D eigenvalue weighted by Crippen LogP contribution is -2.38. The van der Waals surface area contributed by atoms with Crippen molar-refractivity contribution in [1.29, 1.82) is 0 Å². The fourth-order valence-electron chi connectivity index (χ4n) is 3.01. The van der Waals surface area contributed by atoms with Gasteiger partial charge in [0.2, 0.25) is 0 Å². The fraction of sp³-hybridized carbons (Fsp3) is 0.400. The number of aliphatic carboxylic acids is 1. The molecule has 7 nitrogen and oxygen atoms in total. The van der Waals surface area contributed by atoms with Gasteiger partial charge in [0.05, 0.1) is 12.2 Å². The molecule has 0 bridgehead atoms. The van der Waals surface area contributed by atoms with Crippen molar-refractivity contribution in [3.63, 3.8) is 0 Å². The van der Waals surface area contributed by atoms with E-state index in [9.17, 15) is 9.59 Å². The quantitative estimate of drug-likeness (QED) is 0.872. The molecule has 0 spiro atoms. The minimum Gasteiger partial charge on any atom is -0.480 e. The van der Waals surface area contributed by atoms with Crippen LogP contribution in [0.3, 0.4) is 0 Å². The summed E-state index contributed by atoms with van der Waals surface area (Å²) in [5.74, 6) is -0.110. The van der Waals surface area contributed by atoms with Gasteiger partial charge in [-0.1, -0.05) is 18.2 Å². The van der Waals surface area contributed by atoms with Gasteiger partial charge in [-0.05, 0) is 31.5 Å². The molecule has 0 radical (unpaired) electrons. The molecule has 1 fully saturated rings. The van der Waals surface area contributed by atoms with Crippen LogP contribution in [0.15, 0.2) is 35.1 Å². The molecule has 0 saturated carbocycles. The number of hydrogen-bond acceptors (Lipinski definition) is 4. The van der Waals surface area contributed by atoms with Gasteiger partial charge < -0.3 is 5.11 Å². The van der Waals surface area contributed by atoms with Gasteiger partial charge >= 0.3 is 11.7 Å². The van der Waals surface area contributed by atoms with Crippen LogP contribution >= 0.6 is 0 Å². The topological polar surface area (TPSA) is 91.2 Å². The summed E-state index contributed by atoms with van der Waals surface area (Å²) in [7, 11) is 0. The molecule has 0 amide bonds. The average Bonchev–Trinajstić information content (AvgIpc) is 2.89. The third-order valence-corrected chi connectivity index (χ3v) is 3.94. The third kappa shape index (κ3) is 2.94. The Morgan fingerprint density at radius 3 is 2.86 bits per heavy atom. The van der Waals surface area contributed by atoms with E-state index in [1.807, 2.05) is 35.2 Å². The fourth-order valence-corrected chi connectivity index (χ4v) is 3.01. The zero-order valence-electron chi connectivity index (χ0n) is 12.1. The van der Waals surface area contributed by atoms with Crippen LogP contribution in [0.1, 0.15) is 24.6 Å². The first-order chi connectivity index (χ1) is 10.6. The summed E-state index contributed by atoms with van der Waals surface area (Å²) in [5.41, 5.74) is 0.503. The number of carbonyl (C=O) groups is 1. The average molecular weight is 302 g/mol. The highest BCUT2D eigenvalue weighted by Crippen LogP contribution is 2.26. The molecule has 0 aliphatic carbocycles. The first-order valence-electron chi connectivity index (χ1n) is 7.32. The number of H-pyrrole nitrogens is 1. The molecule has 2 aromatic rings. The van der Waals surface area contributed by atoms with Crippen LogP contribution in [0.5, 0.6) is 0 Å². The SMILES string of the molecule is O=C(O)CN1CCCC(c2n[nH]c(=O)n2-c2ccccc2)C1. The number of likely N-dealkylation sites (tertiary alicyclic amines) is 1. The first-order valence-corrected chi connectivity index (χ1v) is 7.32. The predicted octanol–water partition coefficient (Wildman–Crippen LogP) is 0.825. The van der Waals surface area contributed by atoms with E-state index in [4.69, 9.17) is 5.11 Å². The van der Waals surface area contributed by atoms with Crippen molar-refractivity contribution in [3.05, 3.63) is 46.6 Å². The standard InChI is InChI=1S/C15H18N4O3/c20-13(21)10-18-8-4-5-11(9-18)14-16-17-15(22)19(14)12-6-2-1-3-7-12/h1-3,6-7,11H,4-5,8-10H2,(H,17,22)(H,20,21). The summed E-state index contributed by atoms with van der Waals surface area (Å²) in [5, 5.41) is 15.6. The van der Waals surface area contributed by atoms with Crippen molar-refractivity contribution in [2.45, 2.75) is 18.8 Å². The van der Waals surface area contributed by atoms with Gasteiger partial charge in [-0.3, -0.25) is 9.69 Å². The van der Waals surface area contributed by atoms with Crippen molar-refractivity contribution >= 4 is 5.97 Å². The molecular weight excluding hydrogens is 284 g/mol. The Hall–Kier alpha value is -2.41. The lowest BCUT2D eigenvalue weighted by Gasteiger charge is -2.30. The van der Waals surface area contributed by atoms with Gasteiger partial charge in [-0.25, -0.2) is 14.5 Å². The Morgan fingerprint density at radius 1 is 1.36 bits per heavy atom. The summed E-state index contributed by atoms with van der Waals surface area (Å²) in [6, 6.07) is 9.35. The Balaban J connectivity index is 1.89. The van der Waals surface area contributed by atoms with Crippen molar-refractivity contribution < 1.29 is 9.90 Å². The highest BCUT2D eigenvalue weighted by Gasteiger charge is 2.27. The number of piperidine rings is 1. The molecule has 22 heavy (non-hydrogen) atoms. The minimum atomic E-state index is -0.830. The van der Waals surface area contributed by atoms with Gasteiger partial charge in [0.1, 0.15) is 5.82 Å². The molecule has 2 N–H and O–H groups in total. The van der Waals surface area contributed by atoms with Crippen LogP contribution < -0.4 is 5.69 Å². The molecule has 1 aromatic heterocycles. The number of nitrogens with one attached hydrogen (secondary N) is 1. The van der Waals surface area contributed by atoms with Crippen LogP contribution in [-0.4, -0.2) is 50.4 Å². The number of aromatic nitrogens is 3. The van der Waals surface area contributed by atoms with Gasteiger partial charge in [-0.15, -0.1) is 0 Å². The highest BCUT2D eigenvalue weighted by atomic mass is 16.4. The van der Waals surface area contributed by atoms with Gasteiger partial charge in [-0.2, -0.15) is 5.10 Å². The molecule has 1 aliphatic heterocycles. The van der Waals surface area contributed by atoms with Crippen LogP contribution in [0, 0.1) is 0 Å². The number of rotatable bonds is 4. The zero-order chi connectivity index (χ0) is 15.5. The Morgan fingerprint density at radius 2 is 2.14 bits per heavy atom. The van der Waals surface area contributed by atoms with E-state index >= 15 is 0 Å². The van der Waals surface area contributed by atoms with Crippen molar-refractivity contribution in [2.24, 2.45) is 0 Å². The van der Waals surface area contributed by atoms with E-state index in [0.29, 0.717) is 12.4 Å². The Kier molecular flexibility index (Phi) is 4.06.